The smallest absolute Gasteiger partial charge is 0.338 e. The number of amides is 1. The third-order valence-electron chi connectivity index (χ3n) is 3.87. The molecule has 1 aliphatic carbocycles. The molecule has 1 aliphatic rings. The first kappa shape index (κ1) is 15.8. The molecule has 1 fully saturated rings. The van der Waals surface area contributed by atoms with Gasteiger partial charge in [0.2, 0.25) is 0 Å². The van der Waals surface area contributed by atoms with Crippen LogP contribution in [0.3, 0.4) is 0 Å². The lowest BCUT2D eigenvalue weighted by Crippen LogP contribution is -2.42. The standard InChI is InChI=1S/C16H20ClNO3/c1-11-4-2-3-5-14(11)18-15(19)10-21-16(20)12-6-8-13(17)9-7-12/h6-9,11,14H,2-5,10H2,1H3,(H,18,19)/t11-,14+/m1/s1. The summed E-state index contributed by atoms with van der Waals surface area (Å²) in [6.45, 7) is 1.90. The highest BCUT2D eigenvalue weighted by molar-refractivity contribution is 6.30. The number of hydrogen-bond acceptors (Lipinski definition) is 3. The molecule has 0 bridgehead atoms. The Labute approximate surface area is 129 Å². The molecule has 5 heteroatoms. The van der Waals surface area contributed by atoms with E-state index in [0.29, 0.717) is 16.5 Å². The second-order valence-electron chi connectivity index (χ2n) is 5.52. The van der Waals surface area contributed by atoms with Gasteiger partial charge >= 0.3 is 5.97 Å². The third-order valence-corrected chi connectivity index (χ3v) is 4.12. The van der Waals surface area contributed by atoms with E-state index in [9.17, 15) is 9.59 Å². The van der Waals surface area contributed by atoms with Crippen molar-refractivity contribution in [3.63, 3.8) is 0 Å². The van der Waals surface area contributed by atoms with Crippen LogP contribution >= 0.6 is 11.6 Å². The van der Waals surface area contributed by atoms with E-state index in [4.69, 9.17) is 16.3 Å². The van der Waals surface area contributed by atoms with Gasteiger partial charge in [0, 0.05) is 11.1 Å². The summed E-state index contributed by atoms with van der Waals surface area (Å²) >= 11 is 5.75. The van der Waals surface area contributed by atoms with Crippen molar-refractivity contribution in [2.45, 2.75) is 38.6 Å². The average Bonchev–Trinajstić information content (AvgIpc) is 2.48. The van der Waals surface area contributed by atoms with Gasteiger partial charge in [-0.15, -0.1) is 0 Å². The predicted octanol–water partition coefficient (Wildman–Crippen LogP) is 3.19. The van der Waals surface area contributed by atoms with Gasteiger partial charge in [0.05, 0.1) is 5.56 Å². The van der Waals surface area contributed by atoms with E-state index in [2.05, 4.69) is 12.2 Å². The number of nitrogens with one attached hydrogen (secondary N) is 1. The van der Waals surface area contributed by atoms with Crippen LogP contribution in [0.25, 0.3) is 0 Å². The number of rotatable bonds is 4. The molecule has 0 spiro atoms. The van der Waals surface area contributed by atoms with E-state index >= 15 is 0 Å². The first-order valence-electron chi connectivity index (χ1n) is 7.28. The minimum absolute atomic E-state index is 0.195. The lowest BCUT2D eigenvalue weighted by Gasteiger charge is -2.29. The second kappa shape index (κ2) is 7.46. The van der Waals surface area contributed by atoms with Gasteiger partial charge in [-0.3, -0.25) is 4.79 Å². The molecule has 114 valence electrons. The van der Waals surface area contributed by atoms with Crippen molar-refractivity contribution in [3.05, 3.63) is 34.9 Å². The number of ether oxygens (including phenoxy) is 1. The molecule has 0 heterocycles. The Balaban J connectivity index is 1.78. The number of hydrogen-bond donors (Lipinski definition) is 1. The van der Waals surface area contributed by atoms with Crippen molar-refractivity contribution < 1.29 is 14.3 Å². The van der Waals surface area contributed by atoms with Crippen LogP contribution in [-0.2, 0) is 9.53 Å². The number of halogens is 1. The zero-order valence-corrected chi connectivity index (χ0v) is 12.9. The average molecular weight is 310 g/mol. The van der Waals surface area contributed by atoms with E-state index in [1.54, 1.807) is 24.3 Å². The van der Waals surface area contributed by atoms with Gasteiger partial charge in [-0.2, -0.15) is 0 Å². The summed E-state index contributed by atoms with van der Waals surface area (Å²) in [7, 11) is 0. The van der Waals surface area contributed by atoms with Gasteiger partial charge in [-0.25, -0.2) is 4.79 Å². The van der Waals surface area contributed by atoms with Gasteiger partial charge in [-0.05, 0) is 43.0 Å². The summed E-state index contributed by atoms with van der Waals surface area (Å²) in [4.78, 5) is 23.6. The second-order valence-corrected chi connectivity index (χ2v) is 5.96. The zero-order valence-electron chi connectivity index (χ0n) is 12.1. The highest BCUT2D eigenvalue weighted by Gasteiger charge is 2.23. The summed E-state index contributed by atoms with van der Waals surface area (Å²) in [6, 6.07) is 6.57. The first-order chi connectivity index (χ1) is 10.1. The first-order valence-corrected chi connectivity index (χ1v) is 7.66. The molecule has 0 aromatic heterocycles. The minimum atomic E-state index is -0.515. The van der Waals surface area contributed by atoms with Crippen LogP contribution in [0.5, 0.6) is 0 Å². The Morgan fingerprint density at radius 2 is 1.90 bits per heavy atom. The normalized spacial score (nSPS) is 21.6. The maximum absolute atomic E-state index is 11.8. The summed E-state index contributed by atoms with van der Waals surface area (Å²) in [5, 5.41) is 3.50. The van der Waals surface area contributed by atoms with Crippen LogP contribution in [0.15, 0.2) is 24.3 Å². The molecule has 4 nitrogen and oxygen atoms in total. The Morgan fingerprint density at radius 3 is 2.57 bits per heavy atom. The van der Waals surface area contributed by atoms with Crippen molar-refractivity contribution in [1.29, 1.82) is 0 Å². The molecule has 1 amide bonds. The summed E-state index contributed by atoms with van der Waals surface area (Å²) in [5.74, 6) is -0.274. The van der Waals surface area contributed by atoms with Crippen molar-refractivity contribution in [2.24, 2.45) is 5.92 Å². The lowest BCUT2D eigenvalue weighted by atomic mass is 9.86. The van der Waals surface area contributed by atoms with Crippen LogP contribution in [0.2, 0.25) is 5.02 Å². The van der Waals surface area contributed by atoms with E-state index in [1.165, 1.54) is 6.42 Å². The largest absolute Gasteiger partial charge is 0.452 e. The van der Waals surface area contributed by atoms with Crippen LogP contribution in [0.1, 0.15) is 43.0 Å². The van der Waals surface area contributed by atoms with E-state index in [-0.39, 0.29) is 18.6 Å². The maximum atomic E-state index is 11.8. The molecule has 1 N–H and O–H groups in total. The Hall–Kier alpha value is -1.55. The summed E-state index contributed by atoms with van der Waals surface area (Å²) in [6.07, 6.45) is 4.49. The molecule has 1 aromatic carbocycles. The van der Waals surface area contributed by atoms with Gasteiger partial charge in [-0.1, -0.05) is 31.4 Å². The lowest BCUT2D eigenvalue weighted by molar-refractivity contribution is -0.125. The van der Waals surface area contributed by atoms with Crippen LogP contribution in [-0.4, -0.2) is 24.5 Å². The van der Waals surface area contributed by atoms with Gasteiger partial charge in [0.1, 0.15) is 0 Å². The summed E-state index contributed by atoms with van der Waals surface area (Å²) in [5.41, 5.74) is 0.387. The fourth-order valence-electron chi connectivity index (χ4n) is 2.58. The molecule has 2 rings (SSSR count). The number of benzene rings is 1. The fraction of sp³-hybridized carbons (Fsp3) is 0.500. The molecule has 1 aromatic rings. The van der Waals surface area contributed by atoms with Crippen molar-refractivity contribution in [1.82, 2.24) is 5.32 Å². The molecular weight excluding hydrogens is 290 g/mol. The maximum Gasteiger partial charge on any atom is 0.338 e. The van der Waals surface area contributed by atoms with Crippen LogP contribution in [0, 0.1) is 5.92 Å². The fourth-order valence-corrected chi connectivity index (χ4v) is 2.71. The van der Waals surface area contributed by atoms with Gasteiger partial charge < -0.3 is 10.1 Å². The monoisotopic (exact) mass is 309 g/mol. The predicted molar refractivity (Wildman–Crippen MR) is 81.3 cm³/mol. The van der Waals surface area contributed by atoms with Crippen molar-refractivity contribution in [3.8, 4) is 0 Å². The topological polar surface area (TPSA) is 55.4 Å². The Bertz CT molecular complexity index is 501. The van der Waals surface area contributed by atoms with Gasteiger partial charge in [0.25, 0.3) is 5.91 Å². The minimum Gasteiger partial charge on any atom is -0.452 e. The molecule has 2 atom stereocenters. The molecular formula is C16H20ClNO3. The number of esters is 1. The van der Waals surface area contributed by atoms with Crippen molar-refractivity contribution >= 4 is 23.5 Å². The third kappa shape index (κ3) is 4.74. The molecule has 0 unspecified atom stereocenters. The van der Waals surface area contributed by atoms with E-state index < -0.39 is 5.97 Å². The van der Waals surface area contributed by atoms with E-state index in [1.807, 2.05) is 0 Å². The van der Waals surface area contributed by atoms with Gasteiger partial charge in [0.15, 0.2) is 6.61 Å². The highest BCUT2D eigenvalue weighted by atomic mass is 35.5. The Morgan fingerprint density at radius 1 is 1.24 bits per heavy atom. The highest BCUT2D eigenvalue weighted by Crippen LogP contribution is 2.23. The molecule has 1 saturated carbocycles. The summed E-state index contributed by atoms with van der Waals surface area (Å²) < 4.78 is 5.01. The van der Waals surface area contributed by atoms with Crippen LogP contribution in [0.4, 0.5) is 0 Å². The quantitative estimate of drug-likeness (QED) is 0.869. The zero-order chi connectivity index (χ0) is 15.2. The molecule has 21 heavy (non-hydrogen) atoms. The number of carbonyl (C=O) groups is 2. The number of carbonyl (C=O) groups excluding carboxylic acids is 2. The molecule has 0 aliphatic heterocycles. The van der Waals surface area contributed by atoms with Crippen LogP contribution < -0.4 is 5.32 Å². The molecule has 0 saturated heterocycles. The SMILES string of the molecule is C[C@@H]1CCCC[C@@H]1NC(=O)COC(=O)c1ccc(Cl)cc1. The van der Waals surface area contributed by atoms with E-state index in [0.717, 1.165) is 19.3 Å². The Kier molecular flexibility index (Phi) is 5.62. The molecule has 0 radical (unpaired) electrons. The van der Waals surface area contributed by atoms with Crippen molar-refractivity contribution in [2.75, 3.05) is 6.61 Å².